The maximum absolute atomic E-state index is 12.1. The number of esters is 1. The molecule has 7 heteroatoms. The van der Waals surface area contributed by atoms with Crippen LogP contribution in [0.25, 0.3) is 0 Å². The van der Waals surface area contributed by atoms with Gasteiger partial charge in [-0.05, 0) is 26.2 Å². The first-order valence-corrected chi connectivity index (χ1v) is 7.79. The molecule has 0 aliphatic carbocycles. The van der Waals surface area contributed by atoms with E-state index in [0.29, 0.717) is 32.4 Å². The van der Waals surface area contributed by atoms with Gasteiger partial charge >= 0.3 is 5.97 Å². The number of sulfonamides is 1. The first kappa shape index (κ1) is 15.4. The molecule has 0 aromatic heterocycles. The van der Waals surface area contributed by atoms with Gasteiger partial charge in [-0.2, -0.15) is 4.31 Å². The number of carbonyl (C=O) groups excluding carboxylic acids is 1. The molecule has 1 atom stereocenters. The van der Waals surface area contributed by atoms with Crippen LogP contribution in [0.2, 0.25) is 0 Å². The third-order valence-corrected chi connectivity index (χ3v) is 4.83. The van der Waals surface area contributed by atoms with Gasteiger partial charge in [0.15, 0.2) is 0 Å². The molecule has 0 amide bonds. The Balaban J connectivity index is 2.65. The Morgan fingerprint density at radius 3 is 2.78 bits per heavy atom. The van der Waals surface area contributed by atoms with Gasteiger partial charge in [0, 0.05) is 20.3 Å². The number of ether oxygens (including phenoxy) is 2. The Hall–Kier alpha value is -0.660. The summed E-state index contributed by atoms with van der Waals surface area (Å²) in [5.41, 5.74) is 0. The summed E-state index contributed by atoms with van der Waals surface area (Å²) in [5.74, 6) is -0.429. The SMILES string of the molecule is CCOC(=O)C1CCCN1S(=O)(=O)CCCOC. The smallest absolute Gasteiger partial charge is 0.324 e. The predicted octanol–water partition coefficient (Wildman–Crippen LogP) is 0.380. The molecule has 1 rings (SSSR count). The van der Waals surface area contributed by atoms with Crippen molar-refractivity contribution in [3.8, 4) is 0 Å². The second-order valence-electron chi connectivity index (χ2n) is 4.18. The first-order valence-electron chi connectivity index (χ1n) is 6.18. The average molecular weight is 279 g/mol. The lowest BCUT2D eigenvalue weighted by molar-refractivity contribution is -0.146. The van der Waals surface area contributed by atoms with Gasteiger partial charge < -0.3 is 9.47 Å². The monoisotopic (exact) mass is 279 g/mol. The van der Waals surface area contributed by atoms with Crippen molar-refractivity contribution in [2.75, 3.05) is 32.6 Å². The van der Waals surface area contributed by atoms with Crippen LogP contribution in [0.15, 0.2) is 0 Å². The van der Waals surface area contributed by atoms with Gasteiger partial charge in [-0.15, -0.1) is 0 Å². The second-order valence-corrected chi connectivity index (χ2v) is 6.22. The Morgan fingerprint density at radius 2 is 2.17 bits per heavy atom. The van der Waals surface area contributed by atoms with Crippen LogP contribution >= 0.6 is 0 Å². The Labute approximate surface area is 108 Å². The van der Waals surface area contributed by atoms with E-state index in [1.165, 1.54) is 11.4 Å². The predicted molar refractivity (Wildman–Crippen MR) is 66.6 cm³/mol. The molecule has 1 aliphatic rings. The average Bonchev–Trinajstić information content (AvgIpc) is 2.79. The van der Waals surface area contributed by atoms with Crippen LogP contribution in [0.4, 0.5) is 0 Å². The fourth-order valence-electron chi connectivity index (χ4n) is 2.05. The summed E-state index contributed by atoms with van der Waals surface area (Å²) < 4.78 is 35.2. The molecule has 0 radical (unpaired) electrons. The van der Waals surface area contributed by atoms with Crippen LogP contribution in [0.1, 0.15) is 26.2 Å². The van der Waals surface area contributed by atoms with Crippen molar-refractivity contribution in [1.82, 2.24) is 4.31 Å². The van der Waals surface area contributed by atoms with Crippen LogP contribution in [-0.4, -0.2) is 57.4 Å². The number of hydrogen-bond acceptors (Lipinski definition) is 5. The quantitative estimate of drug-likeness (QED) is 0.497. The molecular weight excluding hydrogens is 258 g/mol. The normalized spacial score (nSPS) is 21.1. The minimum atomic E-state index is -3.39. The third kappa shape index (κ3) is 3.93. The summed E-state index contributed by atoms with van der Waals surface area (Å²) in [7, 11) is -1.86. The van der Waals surface area contributed by atoms with Crippen LogP contribution in [-0.2, 0) is 24.3 Å². The van der Waals surface area contributed by atoms with Crippen molar-refractivity contribution < 1.29 is 22.7 Å². The summed E-state index contributed by atoms with van der Waals surface area (Å²) in [4.78, 5) is 11.7. The largest absolute Gasteiger partial charge is 0.465 e. The number of rotatable bonds is 7. The standard InChI is InChI=1S/C11H21NO5S/c1-3-17-11(13)10-6-4-7-12(10)18(14,15)9-5-8-16-2/h10H,3-9H2,1-2H3. The highest BCUT2D eigenvalue weighted by atomic mass is 32.2. The van der Waals surface area contributed by atoms with E-state index in [2.05, 4.69) is 0 Å². The third-order valence-electron chi connectivity index (χ3n) is 2.87. The molecule has 1 unspecified atom stereocenters. The van der Waals surface area contributed by atoms with Crippen LogP contribution in [0.3, 0.4) is 0 Å². The molecule has 18 heavy (non-hydrogen) atoms. The highest BCUT2D eigenvalue weighted by Crippen LogP contribution is 2.22. The molecule has 0 aromatic carbocycles. The Morgan fingerprint density at radius 1 is 1.44 bits per heavy atom. The zero-order valence-corrected chi connectivity index (χ0v) is 11.7. The van der Waals surface area contributed by atoms with E-state index in [0.717, 1.165) is 0 Å². The lowest BCUT2D eigenvalue weighted by Gasteiger charge is -2.22. The number of carbonyl (C=O) groups is 1. The molecule has 1 heterocycles. The highest BCUT2D eigenvalue weighted by molar-refractivity contribution is 7.89. The summed E-state index contributed by atoms with van der Waals surface area (Å²) in [6.45, 7) is 2.78. The van der Waals surface area contributed by atoms with E-state index in [1.54, 1.807) is 6.92 Å². The fraction of sp³-hybridized carbons (Fsp3) is 0.909. The first-order chi connectivity index (χ1) is 8.53. The van der Waals surface area contributed by atoms with Crippen molar-refractivity contribution in [2.45, 2.75) is 32.2 Å². The van der Waals surface area contributed by atoms with Crippen LogP contribution in [0, 0.1) is 0 Å². The van der Waals surface area contributed by atoms with E-state index in [1.807, 2.05) is 0 Å². The lowest BCUT2D eigenvalue weighted by Crippen LogP contribution is -2.42. The van der Waals surface area contributed by atoms with Crippen LogP contribution < -0.4 is 0 Å². The van der Waals surface area contributed by atoms with Crippen molar-refractivity contribution in [1.29, 1.82) is 0 Å². The van der Waals surface area contributed by atoms with E-state index in [9.17, 15) is 13.2 Å². The summed E-state index contributed by atoms with van der Waals surface area (Å²) in [5, 5.41) is 0. The topological polar surface area (TPSA) is 72.9 Å². The van der Waals surface area contributed by atoms with Gasteiger partial charge in [-0.25, -0.2) is 8.42 Å². The van der Waals surface area contributed by atoms with Crippen molar-refractivity contribution in [3.05, 3.63) is 0 Å². The van der Waals surface area contributed by atoms with Gasteiger partial charge in [-0.1, -0.05) is 0 Å². The van der Waals surface area contributed by atoms with Gasteiger partial charge in [0.25, 0.3) is 0 Å². The highest BCUT2D eigenvalue weighted by Gasteiger charge is 2.38. The number of nitrogens with zero attached hydrogens (tertiary/aromatic N) is 1. The second kappa shape index (κ2) is 7.06. The van der Waals surface area contributed by atoms with Gasteiger partial charge in [0.1, 0.15) is 6.04 Å². The molecule has 1 aliphatic heterocycles. The Bertz CT molecular complexity index is 368. The molecule has 6 nitrogen and oxygen atoms in total. The minimum absolute atomic E-state index is 0.0107. The molecule has 0 saturated carbocycles. The molecule has 0 N–H and O–H groups in total. The molecule has 0 aromatic rings. The number of methoxy groups -OCH3 is 1. The lowest BCUT2D eigenvalue weighted by atomic mass is 10.2. The maximum atomic E-state index is 12.1. The zero-order chi connectivity index (χ0) is 13.6. The Kier molecular flexibility index (Phi) is 6.04. The van der Waals surface area contributed by atoms with Crippen molar-refractivity contribution >= 4 is 16.0 Å². The van der Waals surface area contributed by atoms with E-state index in [-0.39, 0.29) is 12.4 Å². The van der Waals surface area contributed by atoms with Gasteiger partial charge in [0.05, 0.1) is 12.4 Å². The molecule has 1 fully saturated rings. The van der Waals surface area contributed by atoms with Crippen molar-refractivity contribution in [3.63, 3.8) is 0 Å². The fourth-order valence-corrected chi connectivity index (χ4v) is 3.75. The summed E-state index contributed by atoms with van der Waals surface area (Å²) >= 11 is 0. The zero-order valence-electron chi connectivity index (χ0n) is 10.9. The molecule has 0 bridgehead atoms. The van der Waals surface area contributed by atoms with Gasteiger partial charge in [-0.3, -0.25) is 4.79 Å². The molecule has 106 valence electrons. The maximum Gasteiger partial charge on any atom is 0.324 e. The number of hydrogen-bond donors (Lipinski definition) is 0. The molecule has 1 saturated heterocycles. The molecule has 0 spiro atoms. The van der Waals surface area contributed by atoms with Crippen molar-refractivity contribution in [2.24, 2.45) is 0 Å². The van der Waals surface area contributed by atoms with Crippen LogP contribution in [0.5, 0.6) is 0 Å². The summed E-state index contributed by atoms with van der Waals surface area (Å²) in [6, 6.07) is -0.641. The van der Waals surface area contributed by atoms with E-state index < -0.39 is 22.0 Å². The minimum Gasteiger partial charge on any atom is -0.465 e. The summed E-state index contributed by atoms with van der Waals surface area (Å²) in [6.07, 6.45) is 1.68. The van der Waals surface area contributed by atoms with E-state index in [4.69, 9.17) is 9.47 Å². The van der Waals surface area contributed by atoms with E-state index >= 15 is 0 Å². The molecular formula is C11H21NO5S. The van der Waals surface area contributed by atoms with Gasteiger partial charge in [0.2, 0.25) is 10.0 Å².